The highest BCUT2D eigenvalue weighted by Crippen LogP contribution is 2.26. The van der Waals surface area contributed by atoms with Gasteiger partial charge in [-0.3, -0.25) is 24.6 Å². The molecule has 7 nitrogen and oxygen atoms in total. The maximum Gasteiger partial charge on any atom is 0.261 e. The molecule has 3 aromatic rings. The summed E-state index contributed by atoms with van der Waals surface area (Å²) in [6.45, 7) is 0.000822. The molecular weight excluding hydrogens is 388 g/mol. The van der Waals surface area contributed by atoms with Crippen molar-refractivity contribution in [2.45, 2.75) is 6.54 Å². The van der Waals surface area contributed by atoms with Crippen LogP contribution < -0.4 is 5.32 Å². The summed E-state index contributed by atoms with van der Waals surface area (Å²) < 4.78 is 0. The third-order valence-electron chi connectivity index (χ3n) is 3.97. The average molecular weight is 399 g/mol. The van der Waals surface area contributed by atoms with Crippen molar-refractivity contribution in [3.8, 4) is 0 Å². The fourth-order valence-corrected chi connectivity index (χ4v) is 3.51. The highest BCUT2D eigenvalue weighted by Gasteiger charge is 2.35. The zero-order valence-electron chi connectivity index (χ0n) is 13.7. The molecule has 1 aromatic heterocycles. The summed E-state index contributed by atoms with van der Waals surface area (Å²) in [5.74, 6) is -1.08. The van der Waals surface area contributed by atoms with Gasteiger partial charge in [-0.15, -0.1) is 10.2 Å². The van der Waals surface area contributed by atoms with Crippen molar-refractivity contribution in [1.29, 1.82) is 0 Å². The Bertz CT molecular complexity index is 1030. The van der Waals surface area contributed by atoms with E-state index in [0.29, 0.717) is 26.7 Å². The SMILES string of the molecule is O=C(Nc1nnc(CN2C(=O)c3ccccc3C2=O)s1)c1ccc(Cl)cc1. The van der Waals surface area contributed by atoms with Crippen LogP contribution in [-0.4, -0.2) is 32.8 Å². The van der Waals surface area contributed by atoms with Gasteiger partial charge in [0, 0.05) is 10.6 Å². The summed E-state index contributed by atoms with van der Waals surface area (Å²) in [5, 5.41) is 11.8. The van der Waals surface area contributed by atoms with Gasteiger partial charge in [-0.05, 0) is 36.4 Å². The van der Waals surface area contributed by atoms with E-state index in [0.717, 1.165) is 16.2 Å². The van der Waals surface area contributed by atoms with E-state index in [2.05, 4.69) is 15.5 Å². The van der Waals surface area contributed by atoms with Crippen molar-refractivity contribution >= 4 is 45.8 Å². The fourth-order valence-electron chi connectivity index (χ4n) is 2.66. The summed E-state index contributed by atoms with van der Waals surface area (Å²) in [6.07, 6.45) is 0. The lowest BCUT2D eigenvalue weighted by molar-refractivity contribution is 0.0641. The predicted molar refractivity (Wildman–Crippen MR) is 100.0 cm³/mol. The molecule has 27 heavy (non-hydrogen) atoms. The molecule has 0 saturated heterocycles. The van der Waals surface area contributed by atoms with Crippen LogP contribution in [0.25, 0.3) is 0 Å². The van der Waals surface area contributed by atoms with Gasteiger partial charge in [0.05, 0.1) is 17.7 Å². The Morgan fingerprint density at radius 1 is 1.00 bits per heavy atom. The molecule has 1 N–H and O–H groups in total. The van der Waals surface area contributed by atoms with Crippen LogP contribution in [0.15, 0.2) is 48.5 Å². The van der Waals surface area contributed by atoms with Gasteiger partial charge in [-0.2, -0.15) is 0 Å². The number of carbonyl (C=O) groups excluding carboxylic acids is 3. The molecule has 0 bridgehead atoms. The number of hydrogen-bond donors (Lipinski definition) is 1. The molecule has 0 radical (unpaired) electrons. The van der Waals surface area contributed by atoms with Gasteiger partial charge in [0.1, 0.15) is 5.01 Å². The third kappa shape index (κ3) is 3.32. The lowest BCUT2D eigenvalue weighted by atomic mass is 10.1. The van der Waals surface area contributed by atoms with Crippen LogP contribution in [0.5, 0.6) is 0 Å². The van der Waals surface area contributed by atoms with Crippen LogP contribution in [0.2, 0.25) is 5.02 Å². The average Bonchev–Trinajstić information content (AvgIpc) is 3.21. The number of nitrogens with zero attached hydrogens (tertiary/aromatic N) is 3. The molecule has 4 rings (SSSR count). The van der Waals surface area contributed by atoms with Crippen molar-refractivity contribution in [3.05, 3.63) is 75.3 Å². The summed E-state index contributed by atoms with van der Waals surface area (Å²) in [5.41, 5.74) is 1.18. The Hall–Kier alpha value is -3.10. The molecule has 0 spiro atoms. The highest BCUT2D eigenvalue weighted by molar-refractivity contribution is 7.15. The molecule has 2 heterocycles. The summed E-state index contributed by atoms with van der Waals surface area (Å²) in [4.78, 5) is 38.1. The first-order valence-corrected chi connectivity index (χ1v) is 9.07. The number of anilines is 1. The lowest BCUT2D eigenvalue weighted by Gasteiger charge is -2.10. The van der Waals surface area contributed by atoms with Gasteiger partial charge >= 0.3 is 0 Å². The Labute approximate surface area is 162 Å². The quantitative estimate of drug-likeness (QED) is 0.681. The van der Waals surface area contributed by atoms with E-state index in [1.807, 2.05) is 0 Å². The topological polar surface area (TPSA) is 92.3 Å². The highest BCUT2D eigenvalue weighted by atomic mass is 35.5. The molecular formula is C18H11ClN4O3S. The normalized spacial score (nSPS) is 13.0. The van der Waals surface area contributed by atoms with Gasteiger partial charge in [0.25, 0.3) is 17.7 Å². The number of halogens is 1. The van der Waals surface area contributed by atoms with Crippen LogP contribution in [0.3, 0.4) is 0 Å². The second kappa shape index (κ2) is 6.90. The van der Waals surface area contributed by atoms with Crippen molar-refractivity contribution in [1.82, 2.24) is 15.1 Å². The smallest absolute Gasteiger partial charge is 0.261 e. The molecule has 0 aliphatic carbocycles. The van der Waals surface area contributed by atoms with Crippen LogP contribution in [-0.2, 0) is 6.54 Å². The molecule has 1 aliphatic heterocycles. The lowest BCUT2D eigenvalue weighted by Crippen LogP contribution is -2.29. The molecule has 0 atom stereocenters. The second-order valence-corrected chi connectivity index (χ2v) is 7.20. The number of aromatic nitrogens is 2. The Balaban J connectivity index is 1.46. The van der Waals surface area contributed by atoms with Gasteiger partial charge in [-0.25, -0.2) is 0 Å². The van der Waals surface area contributed by atoms with Crippen molar-refractivity contribution in [2.75, 3.05) is 5.32 Å². The zero-order chi connectivity index (χ0) is 19.0. The Morgan fingerprint density at radius 2 is 1.63 bits per heavy atom. The zero-order valence-corrected chi connectivity index (χ0v) is 15.3. The second-order valence-electron chi connectivity index (χ2n) is 5.70. The Morgan fingerprint density at radius 3 is 2.26 bits per heavy atom. The van der Waals surface area contributed by atoms with Gasteiger partial charge in [0.15, 0.2) is 0 Å². The number of carbonyl (C=O) groups is 3. The molecule has 0 saturated carbocycles. The molecule has 2 aromatic carbocycles. The maximum atomic E-state index is 12.4. The first kappa shape index (κ1) is 17.3. The van der Waals surface area contributed by atoms with Crippen LogP contribution >= 0.6 is 22.9 Å². The van der Waals surface area contributed by atoms with Gasteiger partial charge in [-0.1, -0.05) is 35.1 Å². The standard InChI is InChI=1S/C18H11ClN4O3S/c19-11-7-5-10(6-8-11)15(24)20-18-22-21-14(27-18)9-23-16(25)12-3-1-2-4-13(12)17(23)26/h1-8H,9H2,(H,20,22,24). The largest absolute Gasteiger partial charge is 0.296 e. The summed E-state index contributed by atoms with van der Waals surface area (Å²) >= 11 is 6.91. The molecule has 9 heteroatoms. The monoisotopic (exact) mass is 398 g/mol. The first-order valence-electron chi connectivity index (χ1n) is 7.87. The minimum absolute atomic E-state index is 0.000822. The first-order chi connectivity index (χ1) is 13.0. The van der Waals surface area contributed by atoms with E-state index in [1.54, 1.807) is 48.5 Å². The van der Waals surface area contributed by atoms with Crippen molar-refractivity contribution in [3.63, 3.8) is 0 Å². The van der Waals surface area contributed by atoms with Gasteiger partial charge in [0.2, 0.25) is 5.13 Å². The predicted octanol–water partition coefficient (Wildman–Crippen LogP) is 3.24. The minimum atomic E-state index is -0.363. The van der Waals surface area contributed by atoms with E-state index in [1.165, 1.54) is 0 Å². The van der Waals surface area contributed by atoms with Crippen LogP contribution in [0.1, 0.15) is 36.1 Å². The number of nitrogens with one attached hydrogen (secondary N) is 1. The molecule has 3 amide bonds. The fraction of sp³-hybridized carbons (Fsp3) is 0.0556. The number of benzene rings is 2. The van der Waals surface area contributed by atoms with Gasteiger partial charge < -0.3 is 0 Å². The number of imide groups is 1. The molecule has 0 unspecified atom stereocenters. The van der Waals surface area contributed by atoms with Crippen LogP contribution in [0, 0.1) is 0 Å². The van der Waals surface area contributed by atoms with E-state index in [-0.39, 0.29) is 29.4 Å². The van der Waals surface area contributed by atoms with E-state index in [4.69, 9.17) is 11.6 Å². The molecule has 134 valence electrons. The summed E-state index contributed by atoms with van der Waals surface area (Å²) in [6, 6.07) is 13.1. The Kier molecular flexibility index (Phi) is 4.43. The number of amides is 3. The van der Waals surface area contributed by atoms with E-state index >= 15 is 0 Å². The minimum Gasteiger partial charge on any atom is -0.296 e. The maximum absolute atomic E-state index is 12.4. The molecule has 1 aliphatic rings. The van der Waals surface area contributed by atoms with Crippen LogP contribution in [0.4, 0.5) is 5.13 Å². The van der Waals surface area contributed by atoms with E-state index in [9.17, 15) is 14.4 Å². The number of rotatable bonds is 4. The third-order valence-corrected chi connectivity index (χ3v) is 5.04. The summed E-state index contributed by atoms with van der Waals surface area (Å²) in [7, 11) is 0. The van der Waals surface area contributed by atoms with E-state index < -0.39 is 0 Å². The van der Waals surface area contributed by atoms with Crippen molar-refractivity contribution < 1.29 is 14.4 Å². The number of hydrogen-bond acceptors (Lipinski definition) is 6. The molecule has 0 fully saturated rings. The number of fused-ring (bicyclic) bond motifs is 1. The van der Waals surface area contributed by atoms with Crippen molar-refractivity contribution in [2.24, 2.45) is 0 Å².